The lowest BCUT2D eigenvalue weighted by atomic mass is 10.1. The minimum Gasteiger partial charge on any atom is -0.465 e. The molecule has 1 rings (SSSR count). The zero-order valence-electron chi connectivity index (χ0n) is 7.78. The zero-order valence-corrected chi connectivity index (χ0v) is 7.78. The monoisotopic (exact) mass is 176 g/mol. The number of Topliss-reactive ketones (excluding diaryl/α,β-unsaturated/α-hetero) is 1. The fraction of sp³-hybridized carbons (Fsp3) is 0.182. The van der Waals surface area contributed by atoms with Crippen molar-refractivity contribution in [2.45, 2.75) is 13.8 Å². The van der Waals surface area contributed by atoms with Crippen molar-refractivity contribution in [2.24, 2.45) is 0 Å². The van der Waals surface area contributed by atoms with E-state index in [-0.39, 0.29) is 5.78 Å². The van der Waals surface area contributed by atoms with Gasteiger partial charge in [-0.05, 0) is 26.0 Å². The summed E-state index contributed by atoms with van der Waals surface area (Å²) in [6, 6.07) is 7.11. The van der Waals surface area contributed by atoms with E-state index in [4.69, 9.17) is 4.74 Å². The molecule has 68 valence electrons. The number of hydrogen-bond donors (Lipinski definition) is 0. The maximum atomic E-state index is 11.0. The van der Waals surface area contributed by atoms with Crippen LogP contribution in [0.5, 0.6) is 5.75 Å². The molecule has 1 aromatic rings. The third kappa shape index (κ3) is 2.75. The second-order valence-electron chi connectivity index (χ2n) is 2.67. The van der Waals surface area contributed by atoms with Gasteiger partial charge in [0.1, 0.15) is 5.75 Å². The van der Waals surface area contributed by atoms with Gasteiger partial charge in [0.05, 0.1) is 6.26 Å². The van der Waals surface area contributed by atoms with Gasteiger partial charge in [-0.2, -0.15) is 0 Å². The van der Waals surface area contributed by atoms with E-state index in [1.807, 2.05) is 13.0 Å². The summed E-state index contributed by atoms with van der Waals surface area (Å²) in [5, 5.41) is 0. The van der Waals surface area contributed by atoms with Crippen LogP contribution in [0.25, 0.3) is 0 Å². The number of benzene rings is 1. The molecule has 1 aromatic carbocycles. The van der Waals surface area contributed by atoms with Crippen LogP contribution in [0.15, 0.2) is 36.6 Å². The molecule has 0 aliphatic rings. The largest absolute Gasteiger partial charge is 0.465 e. The molecule has 0 N–H and O–H groups in total. The highest BCUT2D eigenvalue weighted by atomic mass is 16.5. The molecule has 0 bridgehead atoms. The molecule has 0 aliphatic carbocycles. The Kier molecular flexibility index (Phi) is 3.26. The Morgan fingerprint density at radius 1 is 1.46 bits per heavy atom. The van der Waals surface area contributed by atoms with E-state index in [0.717, 1.165) is 0 Å². The van der Waals surface area contributed by atoms with Crippen molar-refractivity contribution in [3.05, 3.63) is 42.2 Å². The molecule has 0 radical (unpaired) electrons. The zero-order chi connectivity index (χ0) is 9.68. The van der Waals surface area contributed by atoms with Crippen molar-refractivity contribution in [1.82, 2.24) is 0 Å². The van der Waals surface area contributed by atoms with E-state index in [2.05, 4.69) is 0 Å². The van der Waals surface area contributed by atoms with E-state index in [1.54, 1.807) is 30.5 Å². The molecule has 13 heavy (non-hydrogen) atoms. The highest BCUT2D eigenvalue weighted by Crippen LogP contribution is 2.13. The summed E-state index contributed by atoms with van der Waals surface area (Å²) >= 11 is 0. The average molecular weight is 176 g/mol. The van der Waals surface area contributed by atoms with Crippen LogP contribution in [0.3, 0.4) is 0 Å². The molecular weight excluding hydrogens is 164 g/mol. The van der Waals surface area contributed by atoms with Gasteiger partial charge in [0.25, 0.3) is 0 Å². The van der Waals surface area contributed by atoms with Gasteiger partial charge in [0, 0.05) is 5.56 Å². The van der Waals surface area contributed by atoms with Crippen molar-refractivity contribution < 1.29 is 9.53 Å². The summed E-state index contributed by atoms with van der Waals surface area (Å²) in [6.07, 6.45) is 3.37. The predicted molar refractivity (Wildman–Crippen MR) is 51.9 cm³/mol. The Labute approximate surface area is 77.8 Å². The molecular formula is C11H12O2. The molecule has 0 unspecified atom stereocenters. The standard InChI is InChI=1S/C11H12O2/c1-3-7-13-11-6-4-5-10(8-11)9(2)12/h3-8H,1-2H3/b7-3+. The van der Waals surface area contributed by atoms with Crippen LogP contribution < -0.4 is 4.74 Å². The number of rotatable bonds is 3. The van der Waals surface area contributed by atoms with Gasteiger partial charge < -0.3 is 4.74 Å². The van der Waals surface area contributed by atoms with Gasteiger partial charge in [0.2, 0.25) is 0 Å². The first kappa shape index (κ1) is 9.52. The molecule has 0 saturated heterocycles. The van der Waals surface area contributed by atoms with Crippen molar-refractivity contribution in [1.29, 1.82) is 0 Å². The number of ether oxygens (including phenoxy) is 1. The van der Waals surface area contributed by atoms with Gasteiger partial charge in [-0.25, -0.2) is 0 Å². The second-order valence-corrected chi connectivity index (χ2v) is 2.67. The van der Waals surface area contributed by atoms with Crippen LogP contribution in [-0.4, -0.2) is 5.78 Å². The molecule has 2 heteroatoms. The van der Waals surface area contributed by atoms with Gasteiger partial charge in [0.15, 0.2) is 5.78 Å². The second kappa shape index (κ2) is 4.45. The minimum atomic E-state index is 0.0472. The third-order valence-electron chi connectivity index (χ3n) is 1.58. The molecule has 0 aliphatic heterocycles. The highest BCUT2D eigenvalue weighted by Gasteiger charge is 1.99. The summed E-state index contributed by atoms with van der Waals surface area (Å²) in [4.78, 5) is 11.0. The van der Waals surface area contributed by atoms with Crippen LogP contribution in [0, 0.1) is 0 Å². The molecule has 0 amide bonds. The Hall–Kier alpha value is -1.57. The molecule has 0 heterocycles. The van der Waals surface area contributed by atoms with E-state index >= 15 is 0 Å². The lowest BCUT2D eigenvalue weighted by Gasteiger charge is -2.00. The fourth-order valence-electron chi connectivity index (χ4n) is 0.935. The maximum absolute atomic E-state index is 11.0. The summed E-state index contributed by atoms with van der Waals surface area (Å²) in [5.41, 5.74) is 0.669. The molecule has 0 saturated carbocycles. The Morgan fingerprint density at radius 3 is 2.85 bits per heavy atom. The fourth-order valence-corrected chi connectivity index (χ4v) is 0.935. The van der Waals surface area contributed by atoms with Crippen LogP contribution in [-0.2, 0) is 0 Å². The topological polar surface area (TPSA) is 26.3 Å². The SMILES string of the molecule is C/C=C/Oc1cccc(C(C)=O)c1. The van der Waals surface area contributed by atoms with Crippen molar-refractivity contribution >= 4 is 5.78 Å². The van der Waals surface area contributed by atoms with E-state index in [0.29, 0.717) is 11.3 Å². The molecule has 0 atom stereocenters. The van der Waals surface area contributed by atoms with Crippen LogP contribution in [0.2, 0.25) is 0 Å². The van der Waals surface area contributed by atoms with Crippen LogP contribution >= 0.6 is 0 Å². The number of hydrogen-bond acceptors (Lipinski definition) is 2. The summed E-state index contributed by atoms with van der Waals surface area (Å²) in [5.74, 6) is 0.733. The van der Waals surface area contributed by atoms with E-state index in [9.17, 15) is 4.79 Å². The first-order chi connectivity index (χ1) is 6.24. The smallest absolute Gasteiger partial charge is 0.159 e. The molecule has 0 spiro atoms. The normalized spacial score (nSPS) is 10.3. The van der Waals surface area contributed by atoms with Crippen molar-refractivity contribution in [2.75, 3.05) is 0 Å². The summed E-state index contributed by atoms with van der Waals surface area (Å²) in [7, 11) is 0. The first-order valence-corrected chi connectivity index (χ1v) is 4.13. The lowest BCUT2D eigenvalue weighted by molar-refractivity contribution is 0.101. The first-order valence-electron chi connectivity index (χ1n) is 4.13. The number of ketones is 1. The number of allylic oxidation sites excluding steroid dienone is 1. The Balaban J connectivity index is 2.85. The molecule has 0 aromatic heterocycles. The minimum absolute atomic E-state index is 0.0472. The number of carbonyl (C=O) groups is 1. The quantitative estimate of drug-likeness (QED) is 0.523. The van der Waals surface area contributed by atoms with Crippen LogP contribution in [0.1, 0.15) is 24.2 Å². The van der Waals surface area contributed by atoms with Gasteiger partial charge in [-0.15, -0.1) is 0 Å². The maximum Gasteiger partial charge on any atom is 0.159 e. The summed E-state index contributed by atoms with van der Waals surface area (Å²) in [6.45, 7) is 3.41. The highest BCUT2D eigenvalue weighted by molar-refractivity contribution is 5.94. The number of carbonyl (C=O) groups excluding carboxylic acids is 1. The van der Waals surface area contributed by atoms with Gasteiger partial charge in [-0.3, -0.25) is 4.79 Å². The van der Waals surface area contributed by atoms with E-state index in [1.165, 1.54) is 6.92 Å². The van der Waals surface area contributed by atoms with E-state index < -0.39 is 0 Å². The average Bonchev–Trinajstić information content (AvgIpc) is 2.15. The van der Waals surface area contributed by atoms with Crippen LogP contribution in [0.4, 0.5) is 0 Å². The predicted octanol–water partition coefficient (Wildman–Crippen LogP) is 2.80. The Morgan fingerprint density at radius 2 is 2.23 bits per heavy atom. The lowest BCUT2D eigenvalue weighted by Crippen LogP contribution is -1.91. The van der Waals surface area contributed by atoms with Crippen molar-refractivity contribution in [3.8, 4) is 5.75 Å². The van der Waals surface area contributed by atoms with Gasteiger partial charge >= 0.3 is 0 Å². The molecule has 0 fully saturated rings. The summed E-state index contributed by atoms with van der Waals surface area (Å²) < 4.78 is 5.21. The van der Waals surface area contributed by atoms with Crippen molar-refractivity contribution in [3.63, 3.8) is 0 Å². The van der Waals surface area contributed by atoms with Gasteiger partial charge in [-0.1, -0.05) is 18.2 Å². The Bertz CT molecular complexity index is 327. The third-order valence-corrected chi connectivity index (χ3v) is 1.58. The molecule has 2 nitrogen and oxygen atoms in total.